The van der Waals surface area contributed by atoms with Gasteiger partial charge in [-0.1, -0.05) is 20.9 Å². The van der Waals surface area contributed by atoms with Gasteiger partial charge in [-0.25, -0.2) is 0 Å². The first-order valence-corrected chi connectivity index (χ1v) is 7.85. The van der Waals surface area contributed by atoms with Gasteiger partial charge in [0.05, 0.1) is 23.7 Å². The zero-order chi connectivity index (χ0) is 18.6. The highest BCUT2D eigenvalue weighted by Crippen LogP contribution is 2.28. The lowest BCUT2D eigenvalue weighted by Gasteiger charge is -2.07. The molecule has 0 aliphatic rings. The maximum absolute atomic E-state index is 12.5. The number of hydrogen-bond donors (Lipinski definition) is 2. The van der Waals surface area contributed by atoms with Gasteiger partial charge in [-0.3, -0.25) is 4.79 Å². The van der Waals surface area contributed by atoms with Crippen molar-refractivity contribution in [2.45, 2.75) is 14.9 Å². The summed E-state index contributed by atoms with van der Waals surface area (Å²) < 4.78 is 35.9. The molecular formula is C18H22N2O6S. The van der Waals surface area contributed by atoms with Gasteiger partial charge in [-0.2, -0.15) is 0 Å². The van der Waals surface area contributed by atoms with E-state index in [1.165, 1.54) is 6.26 Å². The summed E-state index contributed by atoms with van der Waals surface area (Å²) in [6.45, 7) is 0. The first-order chi connectivity index (χ1) is 11.8. The minimum Gasteiger partial charge on any atom is -0.495 e. The number of nitrogen functional groups attached to an aromatic ring is 2. The van der Waals surface area contributed by atoms with E-state index in [1.54, 1.807) is 43.5 Å². The van der Waals surface area contributed by atoms with Crippen LogP contribution in [0.4, 0.5) is 11.4 Å². The lowest BCUT2D eigenvalue weighted by Crippen LogP contribution is -2.05. The Labute approximate surface area is 158 Å². The maximum Gasteiger partial charge on any atom is 0.425 e. The van der Waals surface area contributed by atoms with Crippen LogP contribution in [-0.4, -0.2) is 19.7 Å². The summed E-state index contributed by atoms with van der Waals surface area (Å²) in [5, 5.41) is 0.482. The zero-order valence-corrected chi connectivity index (χ0v) is 13.9. The van der Waals surface area contributed by atoms with Crippen molar-refractivity contribution >= 4 is 33.0 Å². The van der Waals surface area contributed by atoms with E-state index in [4.69, 9.17) is 33.2 Å². The molecule has 4 N–H and O–H groups in total. The highest BCUT2D eigenvalue weighted by molar-refractivity contribution is 7.59. The third kappa shape index (κ3) is 5.58. The Morgan fingerprint density at radius 3 is 2.19 bits per heavy atom. The molecule has 3 aromatic rings. The number of hydrogen-bond acceptors (Lipinski definition) is 8. The molecule has 8 nitrogen and oxygen atoms in total. The summed E-state index contributed by atoms with van der Waals surface area (Å²) in [5.74, 6) is 0.566. The largest absolute Gasteiger partial charge is 0.495 e. The highest BCUT2D eigenvalue weighted by Gasteiger charge is 2.11. The van der Waals surface area contributed by atoms with E-state index >= 15 is 0 Å². The van der Waals surface area contributed by atoms with E-state index < -0.39 is 10.6 Å². The average Bonchev–Trinajstić information content (AvgIpc) is 2.54. The zero-order valence-electron chi connectivity index (χ0n) is 13.1. The van der Waals surface area contributed by atoms with Crippen molar-refractivity contribution in [2.75, 3.05) is 18.6 Å². The molecule has 0 amide bonds. The second-order valence-corrected chi connectivity index (χ2v) is 5.30. The molecule has 0 fully saturated rings. The van der Waals surface area contributed by atoms with Gasteiger partial charge in [0, 0.05) is 11.8 Å². The van der Waals surface area contributed by atoms with Crippen LogP contribution in [0.3, 0.4) is 0 Å². The third-order valence-electron chi connectivity index (χ3n) is 3.34. The number of ether oxygens (including phenoxy) is 1. The fourth-order valence-corrected chi connectivity index (χ4v) is 2.25. The monoisotopic (exact) mass is 394 g/mol. The minimum atomic E-state index is -3.11. The summed E-state index contributed by atoms with van der Waals surface area (Å²) in [6, 6.07) is 10.1. The normalized spacial score (nSPS) is 9.22. The number of anilines is 2. The molecule has 9 heteroatoms. The van der Waals surface area contributed by atoms with Gasteiger partial charge in [0.25, 0.3) is 0 Å². The molecule has 0 bridgehead atoms. The summed E-state index contributed by atoms with van der Waals surface area (Å²) >= 11 is 0. The lowest BCUT2D eigenvalue weighted by molar-refractivity contribution is 0.417. The number of nitrogens with two attached hydrogens (primary N) is 2. The van der Waals surface area contributed by atoms with Crippen molar-refractivity contribution in [3.63, 3.8) is 0 Å². The van der Waals surface area contributed by atoms with Crippen LogP contribution in [0, 0.1) is 0 Å². The topological polar surface area (TPSA) is 143 Å². The first-order valence-electron chi connectivity index (χ1n) is 6.85. The molecule has 3 rings (SSSR count). The van der Waals surface area contributed by atoms with E-state index in [0.29, 0.717) is 39.2 Å². The minimum absolute atomic E-state index is 0. The smallest absolute Gasteiger partial charge is 0.425 e. The molecule has 1 aromatic heterocycles. The Bertz CT molecular complexity index is 1080. The second kappa shape index (κ2) is 9.97. The number of rotatable bonds is 2. The van der Waals surface area contributed by atoms with E-state index in [2.05, 4.69) is 0 Å². The summed E-state index contributed by atoms with van der Waals surface area (Å²) in [4.78, 5) is 12.5. The van der Waals surface area contributed by atoms with Gasteiger partial charge >= 0.3 is 10.6 Å². The molecule has 1 heterocycles. The average molecular weight is 394 g/mol. The molecule has 0 spiro atoms. The molecular weight excluding hydrogens is 372 g/mol. The predicted molar refractivity (Wildman–Crippen MR) is 106 cm³/mol. The van der Waals surface area contributed by atoms with Crippen molar-refractivity contribution in [3.05, 3.63) is 52.9 Å². The van der Waals surface area contributed by atoms with Crippen LogP contribution >= 0.6 is 0 Å². The molecule has 27 heavy (non-hydrogen) atoms. The number of methoxy groups -OCH3 is 1. The molecule has 0 atom stereocenters. The fourth-order valence-electron chi connectivity index (χ4n) is 2.25. The van der Waals surface area contributed by atoms with Crippen LogP contribution < -0.4 is 21.6 Å². The number of fused-ring (bicyclic) bond motifs is 1. The van der Waals surface area contributed by atoms with Crippen molar-refractivity contribution in [2.24, 2.45) is 0 Å². The van der Waals surface area contributed by atoms with Crippen LogP contribution in [0.1, 0.15) is 14.9 Å². The Balaban J connectivity index is 0.00000103. The van der Waals surface area contributed by atoms with Crippen molar-refractivity contribution in [1.29, 1.82) is 0 Å². The Hall–Kier alpha value is -3.33. The van der Waals surface area contributed by atoms with Crippen LogP contribution in [0.2, 0.25) is 0 Å². The fraction of sp³-hybridized carbons (Fsp3) is 0.167. The van der Waals surface area contributed by atoms with Crippen molar-refractivity contribution < 1.29 is 21.8 Å². The van der Waals surface area contributed by atoms with E-state index in [9.17, 15) is 4.79 Å². The summed E-state index contributed by atoms with van der Waals surface area (Å²) in [6.07, 6.45) is 1.42. The highest BCUT2D eigenvalue weighted by atomic mass is 32.2. The third-order valence-corrected chi connectivity index (χ3v) is 3.34. The van der Waals surface area contributed by atoms with Gasteiger partial charge < -0.3 is 20.6 Å². The second-order valence-electron chi connectivity index (χ2n) is 4.89. The van der Waals surface area contributed by atoms with Crippen molar-refractivity contribution in [1.82, 2.24) is 0 Å². The van der Waals surface area contributed by atoms with Gasteiger partial charge in [0.2, 0.25) is 0 Å². The van der Waals surface area contributed by atoms with Crippen LogP contribution in [0.25, 0.3) is 22.1 Å². The SMILES string of the molecule is C.C.COc1ccc(-c2coc3cc(N)ccc3c2=O)cc1N.O=S(=O)=O. The summed E-state index contributed by atoms with van der Waals surface area (Å²) in [7, 11) is -1.57. The molecule has 0 radical (unpaired) electrons. The molecule has 0 unspecified atom stereocenters. The lowest BCUT2D eigenvalue weighted by atomic mass is 10.0. The molecule has 0 aliphatic heterocycles. The molecule has 0 aliphatic carbocycles. The quantitative estimate of drug-likeness (QED) is 0.632. The van der Waals surface area contributed by atoms with Gasteiger partial charge in [0.1, 0.15) is 17.6 Å². The standard InChI is InChI=1S/C16H14N2O3.2CH4.O3S/c1-20-14-5-2-9(6-13(14)18)12-8-21-15-7-10(17)3-4-11(15)16(12)19;;;1-4(2)3/h2-8H,17-18H2,1H3;2*1H4;. The number of benzene rings is 2. The first kappa shape index (κ1) is 23.7. The van der Waals surface area contributed by atoms with E-state index in [-0.39, 0.29) is 20.3 Å². The van der Waals surface area contributed by atoms with E-state index in [1.807, 2.05) is 0 Å². The molecule has 2 aromatic carbocycles. The van der Waals surface area contributed by atoms with Gasteiger partial charge in [0.15, 0.2) is 5.43 Å². The van der Waals surface area contributed by atoms with Crippen LogP contribution in [-0.2, 0) is 10.6 Å². The van der Waals surface area contributed by atoms with Gasteiger partial charge in [-0.05, 0) is 29.8 Å². The van der Waals surface area contributed by atoms with E-state index in [0.717, 1.165) is 0 Å². The maximum atomic E-state index is 12.5. The van der Waals surface area contributed by atoms with Crippen LogP contribution in [0.5, 0.6) is 5.75 Å². The van der Waals surface area contributed by atoms with Gasteiger partial charge in [-0.15, -0.1) is 12.6 Å². The Kier molecular flexibility index (Phi) is 8.74. The van der Waals surface area contributed by atoms with Crippen LogP contribution in [0.15, 0.2) is 51.9 Å². The molecule has 0 saturated heterocycles. The summed E-state index contributed by atoms with van der Waals surface area (Å²) in [5.41, 5.74) is 14.0. The Morgan fingerprint density at radius 2 is 1.63 bits per heavy atom. The van der Waals surface area contributed by atoms with Crippen molar-refractivity contribution in [3.8, 4) is 16.9 Å². The Morgan fingerprint density at radius 1 is 1.00 bits per heavy atom. The predicted octanol–water partition coefficient (Wildman–Crippen LogP) is 2.90. The molecule has 0 saturated carbocycles. The molecule has 146 valence electrons.